The highest BCUT2D eigenvalue weighted by atomic mass is 32.1. The Labute approximate surface area is 128 Å². The molecule has 1 aliphatic rings. The summed E-state index contributed by atoms with van der Waals surface area (Å²) >= 11 is 1.63. The monoisotopic (exact) mass is 301 g/mol. The summed E-state index contributed by atoms with van der Waals surface area (Å²) in [6.45, 7) is 0.306. The van der Waals surface area contributed by atoms with Crippen molar-refractivity contribution in [2.24, 2.45) is 0 Å². The van der Waals surface area contributed by atoms with E-state index in [-0.39, 0.29) is 11.3 Å². The Morgan fingerprint density at radius 1 is 1.24 bits per heavy atom. The minimum atomic E-state index is -0.546. The zero-order valence-corrected chi connectivity index (χ0v) is 12.6. The zero-order chi connectivity index (χ0) is 14.7. The number of aliphatic hydroxyl groups excluding tert-OH is 1. The molecule has 0 saturated heterocycles. The number of hydrogen-bond acceptors (Lipinski definition) is 3. The van der Waals surface area contributed by atoms with Gasteiger partial charge in [0.15, 0.2) is 0 Å². The Morgan fingerprint density at radius 3 is 2.62 bits per heavy atom. The van der Waals surface area contributed by atoms with E-state index in [2.05, 4.69) is 5.32 Å². The third-order valence-corrected chi connectivity index (χ3v) is 5.06. The lowest BCUT2D eigenvalue weighted by atomic mass is 10.0. The van der Waals surface area contributed by atoms with Gasteiger partial charge >= 0.3 is 0 Å². The normalized spacial score (nSPS) is 17.2. The average molecular weight is 301 g/mol. The minimum absolute atomic E-state index is 0.0528. The molecule has 2 aromatic rings. The van der Waals surface area contributed by atoms with Gasteiger partial charge in [-0.25, -0.2) is 0 Å². The lowest BCUT2D eigenvalue weighted by Crippen LogP contribution is -2.39. The molecule has 1 aliphatic carbocycles. The van der Waals surface area contributed by atoms with Crippen LogP contribution < -0.4 is 5.32 Å². The molecule has 1 fully saturated rings. The summed E-state index contributed by atoms with van der Waals surface area (Å²) in [5.41, 5.74) is 0.763. The molecule has 1 saturated carbocycles. The average Bonchev–Trinajstić information content (AvgIpc) is 3.13. The summed E-state index contributed by atoms with van der Waals surface area (Å²) in [6.07, 6.45) is 1.84. The van der Waals surface area contributed by atoms with E-state index in [1.54, 1.807) is 11.3 Å². The molecule has 1 amide bonds. The lowest BCUT2D eigenvalue weighted by Gasteiger charge is -2.16. The van der Waals surface area contributed by atoms with Crippen molar-refractivity contribution in [2.45, 2.75) is 30.8 Å². The van der Waals surface area contributed by atoms with E-state index < -0.39 is 6.10 Å². The maximum Gasteiger partial charge on any atom is 0.231 e. The fourth-order valence-corrected chi connectivity index (χ4v) is 3.58. The van der Waals surface area contributed by atoms with Crippen LogP contribution >= 0.6 is 11.3 Å². The van der Waals surface area contributed by atoms with Crippen LogP contribution in [0.2, 0.25) is 0 Å². The van der Waals surface area contributed by atoms with E-state index in [0.717, 1.165) is 23.3 Å². The zero-order valence-electron chi connectivity index (χ0n) is 11.8. The Kier molecular flexibility index (Phi) is 4.08. The molecule has 0 aliphatic heterocycles. The van der Waals surface area contributed by atoms with E-state index in [1.807, 2.05) is 47.8 Å². The van der Waals surface area contributed by atoms with Gasteiger partial charge in [-0.15, -0.1) is 11.3 Å². The molecule has 1 heterocycles. The van der Waals surface area contributed by atoms with Crippen molar-refractivity contribution in [1.29, 1.82) is 0 Å². The van der Waals surface area contributed by atoms with Crippen LogP contribution in [0.15, 0.2) is 47.8 Å². The highest BCUT2D eigenvalue weighted by Gasteiger charge is 2.51. The first-order chi connectivity index (χ1) is 10.2. The molecule has 3 nitrogen and oxygen atoms in total. The van der Waals surface area contributed by atoms with Crippen molar-refractivity contribution >= 4 is 17.2 Å². The van der Waals surface area contributed by atoms with E-state index in [9.17, 15) is 9.90 Å². The maximum absolute atomic E-state index is 12.4. The van der Waals surface area contributed by atoms with Crippen molar-refractivity contribution in [3.63, 3.8) is 0 Å². The highest BCUT2D eigenvalue weighted by molar-refractivity contribution is 7.10. The molecule has 3 rings (SSSR count). The fourth-order valence-electron chi connectivity index (χ4n) is 2.60. The Balaban J connectivity index is 1.52. The van der Waals surface area contributed by atoms with Gasteiger partial charge in [0.2, 0.25) is 5.91 Å². The molecule has 21 heavy (non-hydrogen) atoms. The van der Waals surface area contributed by atoms with Gasteiger partial charge in [-0.05, 0) is 29.9 Å². The van der Waals surface area contributed by atoms with Gasteiger partial charge in [-0.3, -0.25) is 4.79 Å². The third-order valence-electron chi connectivity index (χ3n) is 3.99. The van der Waals surface area contributed by atoms with Crippen molar-refractivity contribution in [3.8, 4) is 0 Å². The first-order valence-electron chi connectivity index (χ1n) is 7.25. The Morgan fingerprint density at radius 2 is 2.00 bits per heavy atom. The Bertz CT molecular complexity index is 591. The second kappa shape index (κ2) is 6.00. The molecule has 4 heteroatoms. The van der Waals surface area contributed by atoms with Gasteiger partial charge in [0.1, 0.15) is 0 Å². The second-order valence-corrected chi connectivity index (χ2v) is 6.56. The standard InChI is InChI=1S/C17H19NO2S/c19-14(11-13-5-2-1-3-6-13)12-18-16(20)17(8-9-17)15-7-4-10-21-15/h1-7,10,14,19H,8-9,11-12H2,(H,18,20). The molecule has 1 unspecified atom stereocenters. The van der Waals surface area contributed by atoms with Gasteiger partial charge in [-0.1, -0.05) is 36.4 Å². The minimum Gasteiger partial charge on any atom is -0.391 e. The quantitative estimate of drug-likeness (QED) is 0.861. The summed E-state index contributed by atoms with van der Waals surface area (Å²) in [5.74, 6) is 0.0528. The fraction of sp³-hybridized carbons (Fsp3) is 0.353. The molecule has 1 aromatic carbocycles. The number of hydrogen-bond donors (Lipinski definition) is 2. The van der Waals surface area contributed by atoms with Crippen LogP contribution in [0.1, 0.15) is 23.3 Å². The number of carbonyl (C=O) groups is 1. The topological polar surface area (TPSA) is 49.3 Å². The number of benzene rings is 1. The largest absolute Gasteiger partial charge is 0.391 e. The number of rotatable bonds is 6. The summed E-state index contributed by atoms with van der Waals surface area (Å²) in [7, 11) is 0. The van der Waals surface area contributed by atoms with E-state index in [4.69, 9.17) is 0 Å². The van der Waals surface area contributed by atoms with Crippen LogP contribution in [0.4, 0.5) is 0 Å². The van der Waals surface area contributed by atoms with E-state index in [0.29, 0.717) is 13.0 Å². The van der Waals surface area contributed by atoms with Crippen molar-refractivity contribution < 1.29 is 9.90 Å². The molecule has 0 spiro atoms. The number of carbonyl (C=O) groups excluding carboxylic acids is 1. The summed E-state index contributed by atoms with van der Waals surface area (Å²) in [4.78, 5) is 13.5. The maximum atomic E-state index is 12.4. The number of amides is 1. The third kappa shape index (κ3) is 3.17. The molecule has 0 radical (unpaired) electrons. The molecule has 1 aromatic heterocycles. The molecular formula is C17H19NO2S. The number of thiophene rings is 1. The predicted molar refractivity (Wildman–Crippen MR) is 84.4 cm³/mol. The van der Waals surface area contributed by atoms with Gasteiger partial charge in [0.25, 0.3) is 0 Å². The molecule has 2 N–H and O–H groups in total. The van der Waals surface area contributed by atoms with Crippen molar-refractivity contribution in [2.75, 3.05) is 6.54 Å². The van der Waals surface area contributed by atoms with Crippen LogP contribution in [-0.2, 0) is 16.6 Å². The van der Waals surface area contributed by atoms with Gasteiger partial charge < -0.3 is 10.4 Å². The molecule has 110 valence electrons. The summed E-state index contributed by atoms with van der Waals surface area (Å²) in [6, 6.07) is 13.8. The SMILES string of the molecule is O=C(NCC(O)Cc1ccccc1)C1(c2cccs2)CC1. The summed E-state index contributed by atoms with van der Waals surface area (Å²) < 4.78 is 0. The van der Waals surface area contributed by atoms with E-state index >= 15 is 0 Å². The molecular weight excluding hydrogens is 282 g/mol. The van der Waals surface area contributed by atoms with E-state index in [1.165, 1.54) is 0 Å². The van der Waals surface area contributed by atoms with Gasteiger partial charge in [-0.2, -0.15) is 0 Å². The predicted octanol–water partition coefficient (Wildman–Crippen LogP) is 2.50. The molecule has 0 bridgehead atoms. The van der Waals surface area contributed by atoms with Crippen LogP contribution in [-0.4, -0.2) is 23.7 Å². The van der Waals surface area contributed by atoms with Crippen molar-refractivity contribution in [3.05, 3.63) is 58.3 Å². The number of aliphatic hydroxyl groups is 1. The van der Waals surface area contributed by atoms with Crippen LogP contribution in [0, 0.1) is 0 Å². The van der Waals surface area contributed by atoms with Gasteiger partial charge in [0, 0.05) is 17.8 Å². The first kappa shape index (κ1) is 14.3. The Hall–Kier alpha value is -1.65. The number of nitrogens with one attached hydrogen (secondary N) is 1. The summed E-state index contributed by atoms with van der Waals surface area (Å²) in [5, 5.41) is 15.0. The van der Waals surface area contributed by atoms with Gasteiger partial charge in [0.05, 0.1) is 11.5 Å². The second-order valence-electron chi connectivity index (χ2n) is 5.61. The molecule has 1 atom stereocenters. The first-order valence-corrected chi connectivity index (χ1v) is 8.13. The van der Waals surface area contributed by atoms with Crippen LogP contribution in [0.3, 0.4) is 0 Å². The lowest BCUT2D eigenvalue weighted by molar-refractivity contribution is -0.124. The smallest absolute Gasteiger partial charge is 0.231 e. The van der Waals surface area contributed by atoms with Crippen LogP contribution in [0.5, 0.6) is 0 Å². The highest BCUT2D eigenvalue weighted by Crippen LogP contribution is 2.50. The van der Waals surface area contributed by atoms with Crippen LogP contribution in [0.25, 0.3) is 0 Å². The van der Waals surface area contributed by atoms with Crippen molar-refractivity contribution in [1.82, 2.24) is 5.32 Å².